The van der Waals surface area contributed by atoms with Gasteiger partial charge in [-0.15, -0.1) is 0 Å². The maximum atomic E-state index is 10.7. The summed E-state index contributed by atoms with van der Waals surface area (Å²) in [6.45, 7) is 0.934. The number of hydrogen-bond donors (Lipinski definition) is 0. The Hall–Kier alpha value is -3.17. The molecule has 24 heavy (non-hydrogen) atoms. The maximum Gasteiger partial charge on any atom is 0.269 e. The van der Waals surface area contributed by atoms with Crippen molar-refractivity contribution in [1.82, 2.24) is 0 Å². The van der Waals surface area contributed by atoms with Gasteiger partial charge in [-0.2, -0.15) is 5.26 Å². The molecule has 0 fully saturated rings. The molecule has 0 bridgehead atoms. The van der Waals surface area contributed by atoms with Gasteiger partial charge >= 0.3 is 0 Å². The highest BCUT2D eigenvalue weighted by atomic mass is 16.6. The van der Waals surface area contributed by atoms with Gasteiger partial charge in [0.15, 0.2) is 0 Å². The van der Waals surface area contributed by atoms with Crippen molar-refractivity contribution in [3.8, 4) is 11.8 Å². The fraction of sp³-hybridized carbons (Fsp3) is 0.167. The first-order valence-corrected chi connectivity index (χ1v) is 7.22. The summed E-state index contributed by atoms with van der Waals surface area (Å²) in [6.07, 6.45) is 1.71. The van der Waals surface area contributed by atoms with E-state index in [0.29, 0.717) is 30.1 Å². The molecule has 0 saturated heterocycles. The molecule has 0 aliphatic rings. The minimum Gasteiger partial charge on any atom is -0.491 e. The summed E-state index contributed by atoms with van der Waals surface area (Å²) in [4.78, 5) is 10.2. The average molecular weight is 324 g/mol. The van der Waals surface area contributed by atoms with E-state index in [1.807, 2.05) is 24.3 Å². The lowest BCUT2D eigenvalue weighted by atomic mass is 10.0. The van der Waals surface area contributed by atoms with Crippen molar-refractivity contribution >= 4 is 17.3 Å². The van der Waals surface area contributed by atoms with Crippen molar-refractivity contribution in [2.75, 3.05) is 20.3 Å². The predicted molar refractivity (Wildman–Crippen MR) is 90.4 cm³/mol. The minimum atomic E-state index is -0.472. The highest BCUT2D eigenvalue weighted by Gasteiger charge is 2.07. The lowest BCUT2D eigenvalue weighted by Crippen LogP contribution is -2.04. The quantitative estimate of drug-likeness (QED) is 0.255. The minimum absolute atomic E-state index is 0.00965. The van der Waals surface area contributed by atoms with Crippen LogP contribution < -0.4 is 4.74 Å². The molecule has 0 unspecified atom stereocenters. The van der Waals surface area contributed by atoms with Crippen LogP contribution in [0.1, 0.15) is 11.1 Å². The molecule has 0 radical (unpaired) electrons. The van der Waals surface area contributed by atoms with Gasteiger partial charge in [0.2, 0.25) is 0 Å². The van der Waals surface area contributed by atoms with E-state index in [4.69, 9.17) is 9.47 Å². The summed E-state index contributed by atoms with van der Waals surface area (Å²) in [7, 11) is 1.60. The highest BCUT2D eigenvalue weighted by molar-refractivity contribution is 5.89. The van der Waals surface area contributed by atoms with Crippen LogP contribution in [0.3, 0.4) is 0 Å². The van der Waals surface area contributed by atoms with Gasteiger partial charge in [0.05, 0.1) is 23.2 Å². The van der Waals surface area contributed by atoms with Gasteiger partial charge in [-0.25, -0.2) is 0 Å². The molecule has 2 aromatic carbocycles. The van der Waals surface area contributed by atoms with Crippen molar-refractivity contribution in [2.45, 2.75) is 0 Å². The monoisotopic (exact) mass is 324 g/mol. The topological polar surface area (TPSA) is 85.4 Å². The van der Waals surface area contributed by atoms with Crippen molar-refractivity contribution in [3.05, 3.63) is 69.8 Å². The number of non-ortho nitro benzene ring substituents is 1. The number of nitro groups is 1. The zero-order valence-electron chi connectivity index (χ0n) is 13.1. The summed E-state index contributed by atoms with van der Waals surface area (Å²) < 4.78 is 10.5. The highest BCUT2D eigenvalue weighted by Crippen LogP contribution is 2.22. The standard InChI is InChI=1S/C18H16N2O4/c1-23-9-10-24-18-4-2-3-14(12-18)11-16(13-19)15-5-7-17(8-6-15)20(21)22/h2-8,11-12H,9-10H2,1H3/b16-11-. The molecule has 0 aliphatic heterocycles. The number of benzene rings is 2. The molecule has 6 nitrogen and oxygen atoms in total. The van der Waals surface area contributed by atoms with Crippen LogP contribution in [0.2, 0.25) is 0 Å². The summed E-state index contributed by atoms with van der Waals surface area (Å²) in [5, 5.41) is 20.1. The number of nitrogens with zero attached hydrogens (tertiary/aromatic N) is 2. The van der Waals surface area contributed by atoms with Gasteiger partial charge in [-0.1, -0.05) is 12.1 Å². The third-order valence-corrected chi connectivity index (χ3v) is 3.23. The molecule has 0 atom stereocenters. The molecule has 122 valence electrons. The molecule has 0 spiro atoms. The van der Waals surface area contributed by atoms with Crippen LogP contribution in [0.5, 0.6) is 5.75 Å². The number of methoxy groups -OCH3 is 1. The second-order valence-corrected chi connectivity index (χ2v) is 4.89. The van der Waals surface area contributed by atoms with Gasteiger partial charge in [0.1, 0.15) is 12.4 Å². The van der Waals surface area contributed by atoms with Crippen LogP contribution >= 0.6 is 0 Å². The zero-order valence-corrected chi connectivity index (χ0v) is 13.1. The van der Waals surface area contributed by atoms with Crippen LogP contribution in [0.15, 0.2) is 48.5 Å². The molecule has 0 N–H and O–H groups in total. The molecule has 2 aromatic rings. The van der Waals surface area contributed by atoms with Crippen LogP contribution in [-0.4, -0.2) is 25.2 Å². The molecule has 0 aliphatic carbocycles. The Morgan fingerprint density at radius 3 is 2.62 bits per heavy atom. The first-order chi connectivity index (χ1) is 11.6. The van der Waals surface area contributed by atoms with E-state index in [9.17, 15) is 15.4 Å². The number of allylic oxidation sites excluding steroid dienone is 1. The van der Waals surface area contributed by atoms with E-state index in [-0.39, 0.29) is 5.69 Å². The fourth-order valence-corrected chi connectivity index (χ4v) is 2.05. The smallest absolute Gasteiger partial charge is 0.269 e. The van der Waals surface area contributed by atoms with Crippen LogP contribution in [-0.2, 0) is 4.74 Å². The molecule has 2 rings (SSSR count). The number of ether oxygens (including phenoxy) is 2. The normalized spacial score (nSPS) is 10.9. The van der Waals surface area contributed by atoms with Gasteiger partial charge in [-0.3, -0.25) is 10.1 Å². The van der Waals surface area contributed by atoms with Crippen molar-refractivity contribution in [1.29, 1.82) is 5.26 Å². The van der Waals surface area contributed by atoms with Crippen LogP contribution in [0.4, 0.5) is 5.69 Å². The third-order valence-electron chi connectivity index (χ3n) is 3.23. The Morgan fingerprint density at radius 1 is 1.25 bits per heavy atom. The van der Waals surface area contributed by atoms with Crippen LogP contribution in [0, 0.1) is 21.4 Å². The Bertz CT molecular complexity index is 776. The van der Waals surface area contributed by atoms with E-state index < -0.39 is 4.92 Å². The molecular weight excluding hydrogens is 308 g/mol. The van der Waals surface area contributed by atoms with E-state index in [0.717, 1.165) is 5.56 Å². The molecular formula is C18H16N2O4. The van der Waals surface area contributed by atoms with Crippen LogP contribution in [0.25, 0.3) is 11.6 Å². The third kappa shape index (κ3) is 4.66. The first kappa shape index (κ1) is 17.2. The van der Waals surface area contributed by atoms with E-state index in [2.05, 4.69) is 6.07 Å². The average Bonchev–Trinajstić information content (AvgIpc) is 2.60. The lowest BCUT2D eigenvalue weighted by molar-refractivity contribution is -0.384. The van der Waals surface area contributed by atoms with E-state index in [1.165, 1.54) is 12.1 Å². The molecule has 0 aromatic heterocycles. The number of rotatable bonds is 7. The number of hydrogen-bond acceptors (Lipinski definition) is 5. The summed E-state index contributed by atoms with van der Waals surface area (Å²) >= 11 is 0. The Labute approximate surface area is 139 Å². The summed E-state index contributed by atoms with van der Waals surface area (Å²) in [5.41, 5.74) is 1.83. The van der Waals surface area contributed by atoms with Gasteiger partial charge in [0, 0.05) is 19.2 Å². The molecule has 0 saturated carbocycles. The molecule has 0 heterocycles. The SMILES string of the molecule is COCCOc1cccc(/C=C(/C#N)c2ccc([N+](=O)[O-])cc2)c1. The van der Waals surface area contributed by atoms with Crippen molar-refractivity contribution < 1.29 is 14.4 Å². The second-order valence-electron chi connectivity index (χ2n) is 4.89. The number of nitriles is 1. The van der Waals surface area contributed by atoms with Crippen molar-refractivity contribution in [3.63, 3.8) is 0 Å². The maximum absolute atomic E-state index is 10.7. The number of nitro benzene ring substituents is 1. The second kappa shape index (κ2) is 8.46. The summed E-state index contributed by atoms with van der Waals surface area (Å²) in [5.74, 6) is 0.682. The summed E-state index contributed by atoms with van der Waals surface area (Å²) in [6, 6.07) is 15.3. The zero-order chi connectivity index (χ0) is 17.4. The molecule has 6 heteroatoms. The first-order valence-electron chi connectivity index (χ1n) is 7.22. The Kier molecular flexibility index (Phi) is 6.06. The van der Waals surface area contributed by atoms with Gasteiger partial charge < -0.3 is 9.47 Å². The van der Waals surface area contributed by atoms with Gasteiger partial charge in [0.25, 0.3) is 5.69 Å². The van der Waals surface area contributed by atoms with Gasteiger partial charge in [-0.05, 0) is 41.5 Å². The predicted octanol–water partition coefficient (Wildman–Crippen LogP) is 3.68. The lowest BCUT2D eigenvalue weighted by Gasteiger charge is -2.06. The Balaban J connectivity index is 2.22. The van der Waals surface area contributed by atoms with E-state index in [1.54, 1.807) is 25.3 Å². The Morgan fingerprint density at radius 2 is 2.00 bits per heavy atom. The van der Waals surface area contributed by atoms with Crippen molar-refractivity contribution in [2.24, 2.45) is 0 Å². The molecule has 0 amide bonds. The fourth-order valence-electron chi connectivity index (χ4n) is 2.05. The van der Waals surface area contributed by atoms with E-state index >= 15 is 0 Å². The largest absolute Gasteiger partial charge is 0.491 e.